The van der Waals surface area contributed by atoms with Crippen LogP contribution < -0.4 is 10.2 Å². The SMILES string of the molecule is [B]c1ccc(OCC(C)(C)O)c(C)c1. The van der Waals surface area contributed by atoms with Gasteiger partial charge >= 0.3 is 0 Å². The Bertz CT molecular complexity index is 316. The normalized spacial score (nSPS) is 11.4. The molecule has 1 aromatic rings. The maximum atomic E-state index is 9.47. The summed E-state index contributed by atoms with van der Waals surface area (Å²) in [6, 6.07) is 5.45. The fraction of sp³-hybridized carbons (Fsp3) is 0.455. The van der Waals surface area contributed by atoms with Crippen LogP contribution in [0.4, 0.5) is 0 Å². The Morgan fingerprint density at radius 2 is 2.07 bits per heavy atom. The molecule has 1 aromatic carbocycles. The van der Waals surface area contributed by atoms with E-state index in [0.717, 1.165) is 16.8 Å². The molecule has 1 N–H and O–H groups in total. The van der Waals surface area contributed by atoms with Gasteiger partial charge in [0.2, 0.25) is 0 Å². The molecule has 0 unspecified atom stereocenters. The molecule has 0 bridgehead atoms. The minimum atomic E-state index is -0.812. The van der Waals surface area contributed by atoms with Gasteiger partial charge < -0.3 is 9.84 Å². The predicted octanol–water partition coefficient (Wildman–Crippen LogP) is 0.939. The van der Waals surface area contributed by atoms with Crippen molar-refractivity contribution in [3.8, 4) is 5.75 Å². The van der Waals surface area contributed by atoms with E-state index < -0.39 is 5.60 Å². The van der Waals surface area contributed by atoms with Crippen LogP contribution in [0.15, 0.2) is 18.2 Å². The Morgan fingerprint density at radius 1 is 1.43 bits per heavy atom. The number of aliphatic hydroxyl groups is 1. The van der Waals surface area contributed by atoms with Crippen molar-refractivity contribution in [3.05, 3.63) is 23.8 Å². The van der Waals surface area contributed by atoms with Gasteiger partial charge in [-0.3, -0.25) is 0 Å². The van der Waals surface area contributed by atoms with Gasteiger partial charge in [0.15, 0.2) is 0 Å². The Labute approximate surface area is 86.3 Å². The zero-order valence-electron chi connectivity index (χ0n) is 8.87. The van der Waals surface area contributed by atoms with Crippen molar-refractivity contribution in [3.63, 3.8) is 0 Å². The molecule has 0 atom stereocenters. The molecule has 1 rings (SSSR count). The molecule has 0 aliphatic rings. The first-order valence-corrected chi connectivity index (χ1v) is 4.60. The van der Waals surface area contributed by atoms with Gasteiger partial charge in [-0.1, -0.05) is 17.6 Å². The van der Waals surface area contributed by atoms with Crippen LogP contribution in [0, 0.1) is 6.92 Å². The lowest BCUT2D eigenvalue weighted by Crippen LogP contribution is -2.28. The highest BCUT2D eigenvalue weighted by atomic mass is 16.5. The third kappa shape index (κ3) is 3.42. The van der Waals surface area contributed by atoms with Crippen LogP contribution in [0.5, 0.6) is 5.75 Å². The van der Waals surface area contributed by atoms with Crippen molar-refractivity contribution in [2.24, 2.45) is 0 Å². The van der Waals surface area contributed by atoms with Crippen molar-refractivity contribution in [2.75, 3.05) is 6.61 Å². The molecule has 0 spiro atoms. The van der Waals surface area contributed by atoms with E-state index in [1.807, 2.05) is 19.1 Å². The van der Waals surface area contributed by atoms with Crippen LogP contribution >= 0.6 is 0 Å². The second-order valence-electron chi connectivity index (χ2n) is 4.13. The topological polar surface area (TPSA) is 29.5 Å². The minimum absolute atomic E-state index is 0.276. The molecule has 0 aromatic heterocycles. The first-order chi connectivity index (χ1) is 6.38. The van der Waals surface area contributed by atoms with Crippen LogP contribution in [0.2, 0.25) is 0 Å². The molecule has 2 radical (unpaired) electrons. The van der Waals surface area contributed by atoms with Crippen LogP contribution in [0.3, 0.4) is 0 Å². The average molecular weight is 190 g/mol. The van der Waals surface area contributed by atoms with Crippen LogP contribution in [0.1, 0.15) is 19.4 Å². The van der Waals surface area contributed by atoms with Crippen molar-refractivity contribution in [2.45, 2.75) is 26.4 Å². The molecule has 2 nitrogen and oxygen atoms in total. The minimum Gasteiger partial charge on any atom is -0.490 e. The average Bonchev–Trinajstić information content (AvgIpc) is 2.00. The molecule has 14 heavy (non-hydrogen) atoms. The molecule has 0 aliphatic heterocycles. The lowest BCUT2D eigenvalue weighted by atomic mass is 9.94. The molecule has 0 amide bonds. The number of aryl methyl sites for hydroxylation is 1. The largest absolute Gasteiger partial charge is 0.490 e. The molecular weight excluding hydrogens is 175 g/mol. The Morgan fingerprint density at radius 3 is 2.57 bits per heavy atom. The monoisotopic (exact) mass is 190 g/mol. The zero-order chi connectivity index (χ0) is 10.8. The summed E-state index contributed by atoms with van der Waals surface area (Å²) in [6.07, 6.45) is 0. The smallest absolute Gasteiger partial charge is 0.122 e. The molecule has 0 saturated heterocycles. The molecule has 3 heteroatoms. The maximum Gasteiger partial charge on any atom is 0.122 e. The highest BCUT2D eigenvalue weighted by molar-refractivity contribution is 6.32. The molecule has 0 aliphatic carbocycles. The summed E-state index contributed by atoms with van der Waals surface area (Å²) in [6.45, 7) is 5.62. The Kier molecular flexibility index (Phi) is 3.22. The number of hydrogen-bond acceptors (Lipinski definition) is 2. The fourth-order valence-corrected chi connectivity index (χ4v) is 1.09. The predicted molar refractivity (Wildman–Crippen MR) is 58.4 cm³/mol. The van der Waals surface area contributed by atoms with E-state index >= 15 is 0 Å². The third-order valence-electron chi connectivity index (χ3n) is 1.78. The van der Waals surface area contributed by atoms with E-state index in [4.69, 9.17) is 12.6 Å². The number of ether oxygens (including phenoxy) is 1. The summed E-state index contributed by atoms with van der Waals surface area (Å²) < 4.78 is 5.45. The summed E-state index contributed by atoms with van der Waals surface area (Å²) in [5.74, 6) is 0.765. The number of benzene rings is 1. The van der Waals surface area contributed by atoms with Gasteiger partial charge in [0, 0.05) is 0 Å². The van der Waals surface area contributed by atoms with Crippen LogP contribution in [-0.4, -0.2) is 25.2 Å². The van der Waals surface area contributed by atoms with E-state index in [2.05, 4.69) is 0 Å². The van der Waals surface area contributed by atoms with E-state index in [1.165, 1.54) is 0 Å². The van der Waals surface area contributed by atoms with Gasteiger partial charge in [-0.15, -0.1) is 0 Å². The van der Waals surface area contributed by atoms with E-state index in [0.29, 0.717) is 0 Å². The van der Waals surface area contributed by atoms with Gasteiger partial charge in [-0.25, -0.2) is 0 Å². The van der Waals surface area contributed by atoms with E-state index in [1.54, 1.807) is 19.9 Å². The lowest BCUT2D eigenvalue weighted by Gasteiger charge is -2.18. The highest BCUT2D eigenvalue weighted by Gasteiger charge is 2.13. The van der Waals surface area contributed by atoms with Crippen molar-refractivity contribution in [1.29, 1.82) is 0 Å². The van der Waals surface area contributed by atoms with Crippen molar-refractivity contribution >= 4 is 13.3 Å². The van der Waals surface area contributed by atoms with Gasteiger partial charge in [0.25, 0.3) is 0 Å². The first-order valence-electron chi connectivity index (χ1n) is 4.60. The van der Waals surface area contributed by atoms with E-state index in [9.17, 15) is 5.11 Å². The zero-order valence-corrected chi connectivity index (χ0v) is 8.87. The van der Waals surface area contributed by atoms with Crippen molar-refractivity contribution < 1.29 is 9.84 Å². The second kappa shape index (κ2) is 4.05. The summed E-state index contributed by atoms with van der Waals surface area (Å²) in [5.41, 5.74) is 0.890. The molecule has 74 valence electrons. The Balaban J connectivity index is 2.68. The van der Waals surface area contributed by atoms with Gasteiger partial charge in [-0.2, -0.15) is 0 Å². The fourth-order valence-electron chi connectivity index (χ4n) is 1.09. The van der Waals surface area contributed by atoms with Gasteiger partial charge in [0.1, 0.15) is 20.2 Å². The summed E-state index contributed by atoms with van der Waals surface area (Å²) in [4.78, 5) is 0. The number of hydrogen-bond donors (Lipinski definition) is 1. The summed E-state index contributed by atoms with van der Waals surface area (Å²) >= 11 is 0. The standard InChI is InChI=1S/C11H15BO2/c1-8-6-9(12)4-5-10(8)14-7-11(2,3)13/h4-6,13H,7H2,1-3H3. The first kappa shape index (κ1) is 11.1. The van der Waals surface area contributed by atoms with Crippen LogP contribution in [0.25, 0.3) is 0 Å². The summed E-state index contributed by atoms with van der Waals surface area (Å²) in [5, 5.41) is 9.47. The molecule has 0 saturated carbocycles. The third-order valence-corrected chi connectivity index (χ3v) is 1.78. The molecule has 0 fully saturated rings. The second-order valence-corrected chi connectivity index (χ2v) is 4.13. The lowest BCUT2D eigenvalue weighted by molar-refractivity contribution is 0.0283. The Hall–Kier alpha value is -0.955. The van der Waals surface area contributed by atoms with Gasteiger partial charge in [-0.05, 0) is 32.4 Å². The number of rotatable bonds is 3. The highest BCUT2D eigenvalue weighted by Crippen LogP contribution is 2.16. The van der Waals surface area contributed by atoms with Crippen molar-refractivity contribution in [1.82, 2.24) is 0 Å². The quantitative estimate of drug-likeness (QED) is 0.718. The van der Waals surface area contributed by atoms with Gasteiger partial charge in [0.05, 0.1) is 5.60 Å². The summed E-state index contributed by atoms with van der Waals surface area (Å²) in [7, 11) is 5.60. The molecular formula is C11H15BO2. The molecule has 0 heterocycles. The van der Waals surface area contributed by atoms with Crippen LogP contribution in [-0.2, 0) is 0 Å². The van der Waals surface area contributed by atoms with E-state index in [-0.39, 0.29) is 6.61 Å². The maximum absolute atomic E-state index is 9.47.